The Bertz CT molecular complexity index is 1210. The van der Waals surface area contributed by atoms with E-state index in [9.17, 15) is 9.59 Å². The van der Waals surface area contributed by atoms with Crippen LogP contribution in [0, 0.1) is 0 Å². The second-order valence-corrected chi connectivity index (χ2v) is 10.7. The highest BCUT2D eigenvalue weighted by atomic mass is 35.5. The highest BCUT2D eigenvalue weighted by molar-refractivity contribution is 7.99. The fourth-order valence-corrected chi connectivity index (χ4v) is 6.31. The number of carbonyl (C=O) groups excluding carboxylic acids is 2. The summed E-state index contributed by atoms with van der Waals surface area (Å²) in [7, 11) is 0. The topological polar surface area (TPSA) is 95.3 Å². The van der Waals surface area contributed by atoms with Crippen LogP contribution in [-0.4, -0.2) is 39.0 Å². The summed E-state index contributed by atoms with van der Waals surface area (Å²) in [5, 5.41) is 13.3. The largest absolute Gasteiger partial charge is 0.486 e. The summed E-state index contributed by atoms with van der Waals surface area (Å²) in [5.41, 5.74) is 1.56. The Labute approximate surface area is 223 Å². The fourth-order valence-electron chi connectivity index (χ4n) is 4.07. The predicted octanol–water partition coefficient (Wildman–Crippen LogP) is 5.77. The molecular formula is C25H29ClN4O4S2. The van der Waals surface area contributed by atoms with Gasteiger partial charge in [-0.1, -0.05) is 29.8 Å². The van der Waals surface area contributed by atoms with Gasteiger partial charge in [-0.3, -0.25) is 4.79 Å². The average Bonchev–Trinajstić information content (AvgIpc) is 3.34. The molecule has 2 heterocycles. The van der Waals surface area contributed by atoms with Crippen LogP contribution in [0.5, 0.6) is 5.75 Å². The van der Waals surface area contributed by atoms with E-state index in [0.717, 1.165) is 37.7 Å². The molecule has 0 saturated carbocycles. The number of nitrogens with one attached hydrogen (secondary N) is 1. The van der Waals surface area contributed by atoms with Crippen molar-refractivity contribution in [2.75, 3.05) is 17.7 Å². The van der Waals surface area contributed by atoms with Gasteiger partial charge in [0.05, 0.1) is 17.9 Å². The maximum Gasteiger partial charge on any atom is 0.341 e. The Balaban J connectivity index is 1.41. The number of aryl methyl sites for hydroxylation is 1. The number of esters is 1. The van der Waals surface area contributed by atoms with Crippen molar-refractivity contribution in [3.05, 3.63) is 51.1 Å². The molecule has 4 rings (SSSR count). The number of ether oxygens (including phenoxy) is 2. The summed E-state index contributed by atoms with van der Waals surface area (Å²) in [4.78, 5) is 26.8. The lowest BCUT2D eigenvalue weighted by Crippen LogP contribution is -2.17. The minimum atomic E-state index is -0.365. The molecule has 8 nitrogen and oxygen atoms in total. The number of hydrogen-bond acceptors (Lipinski definition) is 8. The molecule has 0 fully saturated rings. The molecule has 1 N–H and O–H groups in total. The van der Waals surface area contributed by atoms with Gasteiger partial charge >= 0.3 is 5.97 Å². The van der Waals surface area contributed by atoms with Gasteiger partial charge in [-0.15, -0.1) is 21.5 Å². The zero-order chi connectivity index (χ0) is 25.5. The number of benzene rings is 1. The number of thiophene rings is 1. The maximum atomic E-state index is 12.9. The van der Waals surface area contributed by atoms with Crippen LogP contribution in [0.3, 0.4) is 0 Å². The average molecular weight is 549 g/mol. The van der Waals surface area contributed by atoms with Gasteiger partial charge in [-0.2, -0.15) is 0 Å². The van der Waals surface area contributed by atoms with Gasteiger partial charge in [0.1, 0.15) is 17.4 Å². The lowest BCUT2D eigenvalue weighted by Gasteiger charge is -2.10. The Kier molecular flexibility index (Phi) is 9.28. The summed E-state index contributed by atoms with van der Waals surface area (Å²) >= 11 is 8.72. The predicted molar refractivity (Wildman–Crippen MR) is 142 cm³/mol. The van der Waals surface area contributed by atoms with E-state index < -0.39 is 0 Å². The second kappa shape index (κ2) is 12.6. The van der Waals surface area contributed by atoms with Crippen LogP contribution in [0.1, 0.15) is 59.7 Å². The number of carbonyl (C=O) groups is 2. The molecular weight excluding hydrogens is 520 g/mol. The van der Waals surface area contributed by atoms with Gasteiger partial charge in [-0.05, 0) is 69.4 Å². The van der Waals surface area contributed by atoms with Crippen LogP contribution in [0.2, 0.25) is 5.02 Å². The Hall–Kier alpha value is -2.56. The van der Waals surface area contributed by atoms with Gasteiger partial charge in [0, 0.05) is 16.4 Å². The molecule has 0 spiro atoms. The molecule has 0 saturated heterocycles. The summed E-state index contributed by atoms with van der Waals surface area (Å²) in [6, 6.07) is 7.12. The van der Waals surface area contributed by atoms with Gasteiger partial charge in [0.15, 0.2) is 11.0 Å². The van der Waals surface area contributed by atoms with Crippen molar-refractivity contribution in [3.63, 3.8) is 0 Å². The first-order valence-electron chi connectivity index (χ1n) is 12.0. The van der Waals surface area contributed by atoms with E-state index in [1.165, 1.54) is 28.0 Å². The summed E-state index contributed by atoms with van der Waals surface area (Å²) < 4.78 is 13.0. The first-order valence-corrected chi connectivity index (χ1v) is 14.2. The van der Waals surface area contributed by atoms with E-state index in [1.54, 1.807) is 31.2 Å². The fraction of sp³-hybridized carbons (Fsp3) is 0.440. The number of fused-ring (bicyclic) bond motifs is 1. The highest BCUT2D eigenvalue weighted by Gasteiger charge is 2.26. The third-order valence-electron chi connectivity index (χ3n) is 5.78. The Morgan fingerprint density at radius 1 is 1.14 bits per heavy atom. The molecule has 36 heavy (non-hydrogen) atoms. The van der Waals surface area contributed by atoms with Gasteiger partial charge in [0.25, 0.3) is 0 Å². The van der Waals surface area contributed by atoms with Crippen molar-refractivity contribution in [1.29, 1.82) is 0 Å². The normalized spacial score (nSPS) is 13.1. The van der Waals surface area contributed by atoms with Gasteiger partial charge in [0.2, 0.25) is 5.91 Å². The van der Waals surface area contributed by atoms with Gasteiger partial charge < -0.3 is 19.4 Å². The molecule has 192 valence electrons. The molecule has 1 aliphatic rings. The molecule has 2 aromatic heterocycles. The number of rotatable bonds is 10. The van der Waals surface area contributed by atoms with Crippen LogP contribution >= 0.6 is 34.7 Å². The molecule has 11 heteroatoms. The maximum absolute atomic E-state index is 12.9. The van der Waals surface area contributed by atoms with Crippen LogP contribution in [0.4, 0.5) is 5.00 Å². The van der Waals surface area contributed by atoms with E-state index in [4.69, 9.17) is 21.1 Å². The lowest BCUT2D eigenvalue weighted by molar-refractivity contribution is -0.113. The second-order valence-electron chi connectivity index (χ2n) is 8.21. The minimum Gasteiger partial charge on any atom is -0.486 e. The number of thioether (sulfide) groups is 1. The van der Waals surface area contributed by atoms with Crippen LogP contribution in [-0.2, 0) is 35.5 Å². The number of halogens is 1. The number of nitrogens with zero attached hydrogens (tertiary/aromatic N) is 3. The lowest BCUT2D eigenvalue weighted by atomic mass is 10.1. The molecule has 0 unspecified atom stereocenters. The third kappa shape index (κ3) is 6.41. The van der Waals surface area contributed by atoms with Crippen LogP contribution in [0.15, 0.2) is 29.4 Å². The molecule has 0 atom stereocenters. The summed E-state index contributed by atoms with van der Waals surface area (Å²) in [6.07, 6.45) is 5.04. The third-order valence-corrected chi connectivity index (χ3v) is 8.20. The standard InChI is InChI=1S/C25H29ClN4O4S2/c1-3-30-20(14-34-17-12-10-16(26)11-13-17)28-29-25(30)35-15-21(31)27-23-22(24(32)33-4-2)18-8-6-5-7-9-19(18)36-23/h10-13H,3-9,14-15H2,1-2H3,(H,27,31). The monoisotopic (exact) mass is 548 g/mol. The van der Waals surface area contributed by atoms with Crippen molar-refractivity contribution in [2.45, 2.75) is 64.3 Å². The Morgan fingerprint density at radius 3 is 2.67 bits per heavy atom. The van der Waals surface area contributed by atoms with Crippen LogP contribution in [0.25, 0.3) is 0 Å². The molecule has 0 radical (unpaired) electrons. The van der Waals surface area contributed by atoms with Crippen molar-refractivity contribution < 1.29 is 19.1 Å². The van der Waals surface area contributed by atoms with Crippen molar-refractivity contribution in [3.8, 4) is 5.75 Å². The van der Waals surface area contributed by atoms with Crippen LogP contribution < -0.4 is 10.1 Å². The van der Waals surface area contributed by atoms with Crippen molar-refractivity contribution >= 4 is 51.6 Å². The molecule has 0 bridgehead atoms. The van der Waals surface area contributed by atoms with E-state index in [1.807, 2.05) is 11.5 Å². The Morgan fingerprint density at radius 2 is 1.92 bits per heavy atom. The molecule has 1 aromatic carbocycles. The number of aromatic nitrogens is 3. The number of amides is 1. The SMILES string of the molecule is CCOC(=O)c1c(NC(=O)CSc2nnc(COc3ccc(Cl)cc3)n2CC)sc2c1CCCCC2. The van der Waals surface area contributed by atoms with E-state index in [0.29, 0.717) is 45.5 Å². The molecule has 1 amide bonds. The zero-order valence-corrected chi connectivity index (χ0v) is 22.7. The first kappa shape index (κ1) is 26.5. The van der Waals surface area contributed by atoms with E-state index in [-0.39, 0.29) is 24.2 Å². The molecule has 0 aliphatic heterocycles. The van der Waals surface area contributed by atoms with E-state index in [2.05, 4.69) is 15.5 Å². The van der Waals surface area contributed by atoms with E-state index >= 15 is 0 Å². The minimum absolute atomic E-state index is 0.140. The number of hydrogen-bond donors (Lipinski definition) is 1. The molecule has 1 aliphatic carbocycles. The molecule has 3 aromatic rings. The zero-order valence-electron chi connectivity index (χ0n) is 20.3. The highest BCUT2D eigenvalue weighted by Crippen LogP contribution is 2.38. The first-order chi connectivity index (χ1) is 17.5. The summed E-state index contributed by atoms with van der Waals surface area (Å²) in [6.45, 7) is 4.96. The number of anilines is 1. The van der Waals surface area contributed by atoms with Crippen molar-refractivity contribution in [2.24, 2.45) is 0 Å². The quantitative estimate of drug-likeness (QED) is 0.195. The van der Waals surface area contributed by atoms with Gasteiger partial charge in [-0.25, -0.2) is 4.79 Å². The van der Waals surface area contributed by atoms with Crippen molar-refractivity contribution in [1.82, 2.24) is 14.8 Å². The summed E-state index contributed by atoms with van der Waals surface area (Å²) in [5.74, 6) is 0.927. The smallest absolute Gasteiger partial charge is 0.341 e.